The molecule has 0 aromatic carbocycles. The van der Waals surface area contributed by atoms with Crippen LogP contribution in [0.1, 0.15) is 155 Å². The molecule has 0 bridgehead atoms. The maximum atomic E-state index is 12.6. The van der Waals surface area contributed by atoms with Crippen LogP contribution in [-0.4, -0.2) is 49.3 Å². The standard InChI is InChI=1S/C51H82NO8P/c1-3-5-7-9-11-13-15-17-19-20-21-22-23-24-25-26-27-28-30-32-34-36-38-40-42-44-51(54)60-49(48-59-61(55,56)58-46-45-52)47-57-50(53)43-41-39-37-35-33-31-29-18-16-14-12-10-8-6-4-2/h5-8,11-14,17-19,21-22,24-25,29,33,35,39,41,49H,3-4,9-10,15-16,20,23,26-28,30-32,34,36-38,40,42-48,52H2,1-2H3,(H,55,56)/b7-5-,8-6-,13-11-,14-12-,19-17-,22-21-,25-24-,29-18-,35-33-,41-39-. The lowest BCUT2D eigenvalue weighted by Crippen LogP contribution is -2.29. The third-order valence-corrected chi connectivity index (χ3v) is 9.86. The van der Waals surface area contributed by atoms with E-state index in [-0.39, 0.29) is 32.6 Å². The minimum atomic E-state index is -4.41. The van der Waals surface area contributed by atoms with Gasteiger partial charge in [-0.15, -0.1) is 0 Å². The van der Waals surface area contributed by atoms with Gasteiger partial charge in [0, 0.05) is 13.0 Å². The fourth-order valence-electron chi connectivity index (χ4n) is 5.56. The van der Waals surface area contributed by atoms with Gasteiger partial charge >= 0.3 is 19.8 Å². The fourth-order valence-corrected chi connectivity index (χ4v) is 6.32. The van der Waals surface area contributed by atoms with Crippen molar-refractivity contribution in [3.8, 4) is 0 Å². The lowest BCUT2D eigenvalue weighted by atomic mass is 10.1. The number of nitrogens with two attached hydrogens (primary N) is 1. The van der Waals surface area contributed by atoms with Crippen molar-refractivity contribution in [3.05, 3.63) is 122 Å². The fraction of sp³-hybridized carbons (Fsp3) is 0.569. The Bertz CT molecular complexity index is 1400. The minimum Gasteiger partial charge on any atom is -0.461 e. The molecular weight excluding hydrogens is 786 g/mol. The molecule has 0 aliphatic rings. The Kier molecular flexibility index (Phi) is 43.2. The van der Waals surface area contributed by atoms with Crippen LogP contribution in [0.15, 0.2) is 122 Å². The van der Waals surface area contributed by atoms with Crippen LogP contribution in [-0.2, 0) is 32.7 Å². The second-order valence-corrected chi connectivity index (χ2v) is 16.0. The van der Waals surface area contributed by atoms with E-state index in [1.54, 1.807) is 6.08 Å². The molecule has 0 rings (SSSR count). The number of phosphoric ester groups is 1. The van der Waals surface area contributed by atoms with Crippen molar-refractivity contribution < 1.29 is 37.6 Å². The zero-order chi connectivity index (χ0) is 44.6. The second-order valence-electron chi connectivity index (χ2n) is 14.5. The molecule has 3 N–H and O–H groups in total. The highest BCUT2D eigenvalue weighted by molar-refractivity contribution is 7.47. The molecule has 2 unspecified atom stereocenters. The molecule has 61 heavy (non-hydrogen) atoms. The number of hydrogen-bond donors (Lipinski definition) is 2. The molecule has 9 nitrogen and oxygen atoms in total. The van der Waals surface area contributed by atoms with Crippen molar-refractivity contribution in [2.45, 2.75) is 161 Å². The zero-order valence-corrected chi connectivity index (χ0v) is 38.7. The van der Waals surface area contributed by atoms with E-state index in [0.717, 1.165) is 83.5 Å². The summed E-state index contributed by atoms with van der Waals surface area (Å²) in [6.45, 7) is 3.36. The maximum Gasteiger partial charge on any atom is 0.472 e. The van der Waals surface area contributed by atoms with Gasteiger partial charge in [-0.3, -0.25) is 18.6 Å². The normalized spacial score (nSPS) is 14.4. The van der Waals surface area contributed by atoms with Crippen LogP contribution in [0.5, 0.6) is 0 Å². The first-order valence-electron chi connectivity index (χ1n) is 23.0. The second kappa shape index (κ2) is 45.9. The molecule has 0 aromatic rings. The van der Waals surface area contributed by atoms with E-state index in [1.807, 2.05) is 12.2 Å². The predicted molar refractivity (Wildman–Crippen MR) is 256 cm³/mol. The maximum absolute atomic E-state index is 12.6. The van der Waals surface area contributed by atoms with Gasteiger partial charge in [0.15, 0.2) is 6.10 Å². The van der Waals surface area contributed by atoms with Gasteiger partial charge in [0.2, 0.25) is 0 Å². The predicted octanol–water partition coefficient (Wildman–Crippen LogP) is 13.7. The molecule has 0 aromatic heterocycles. The van der Waals surface area contributed by atoms with E-state index >= 15 is 0 Å². The zero-order valence-electron chi connectivity index (χ0n) is 37.8. The minimum absolute atomic E-state index is 0.0339. The third kappa shape index (κ3) is 45.8. The van der Waals surface area contributed by atoms with Crippen molar-refractivity contribution in [1.29, 1.82) is 0 Å². The number of carbonyl (C=O) groups is 2. The molecule has 0 radical (unpaired) electrons. The average Bonchev–Trinajstić information content (AvgIpc) is 3.25. The van der Waals surface area contributed by atoms with Crippen LogP contribution in [0, 0.1) is 0 Å². The highest BCUT2D eigenvalue weighted by atomic mass is 31.2. The summed E-state index contributed by atoms with van der Waals surface area (Å²) >= 11 is 0. The molecule has 0 saturated carbocycles. The highest BCUT2D eigenvalue weighted by Gasteiger charge is 2.25. The summed E-state index contributed by atoms with van der Waals surface area (Å²) in [6.07, 6.45) is 62.6. The monoisotopic (exact) mass is 868 g/mol. The lowest BCUT2D eigenvalue weighted by molar-refractivity contribution is -0.160. The number of ether oxygens (including phenoxy) is 2. The Morgan fingerprint density at radius 2 is 0.902 bits per heavy atom. The number of hydrogen-bond acceptors (Lipinski definition) is 8. The summed E-state index contributed by atoms with van der Waals surface area (Å²) in [5.74, 6) is -0.995. The molecule has 2 atom stereocenters. The number of rotatable bonds is 41. The first kappa shape index (κ1) is 57.4. The summed E-state index contributed by atoms with van der Waals surface area (Å²) in [4.78, 5) is 34.9. The number of unbranched alkanes of at least 4 members (excludes halogenated alkanes) is 9. The van der Waals surface area contributed by atoms with Crippen molar-refractivity contribution in [3.63, 3.8) is 0 Å². The lowest BCUT2D eigenvalue weighted by Gasteiger charge is -2.19. The van der Waals surface area contributed by atoms with Gasteiger partial charge in [-0.2, -0.15) is 0 Å². The smallest absolute Gasteiger partial charge is 0.461 e. The quantitative estimate of drug-likeness (QED) is 0.0266. The Hall–Kier alpha value is -3.59. The summed E-state index contributed by atoms with van der Waals surface area (Å²) in [5.41, 5.74) is 5.35. The van der Waals surface area contributed by atoms with Crippen LogP contribution in [0.3, 0.4) is 0 Å². The highest BCUT2D eigenvalue weighted by Crippen LogP contribution is 2.43. The first-order valence-corrected chi connectivity index (χ1v) is 24.5. The molecule has 10 heteroatoms. The van der Waals surface area contributed by atoms with Crippen molar-refractivity contribution in [1.82, 2.24) is 0 Å². The molecule has 0 fully saturated rings. The summed E-state index contributed by atoms with van der Waals surface area (Å²) < 4.78 is 32.7. The van der Waals surface area contributed by atoms with Crippen molar-refractivity contribution in [2.75, 3.05) is 26.4 Å². The van der Waals surface area contributed by atoms with Gasteiger partial charge in [0.25, 0.3) is 0 Å². The van der Waals surface area contributed by atoms with Crippen LogP contribution in [0.4, 0.5) is 0 Å². The van der Waals surface area contributed by atoms with Gasteiger partial charge in [0.1, 0.15) is 6.61 Å². The molecule has 344 valence electrons. The summed E-state index contributed by atoms with van der Waals surface area (Å²) in [5, 5.41) is 0. The van der Waals surface area contributed by atoms with Gasteiger partial charge in [-0.1, -0.05) is 180 Å². The topological polar surface area (TPSA) is 134 Å². The van der Waals surface area contributed by atoms with E-state index in [2.05, 4.69) is 117 Å². The van der Waals surface area contributed by atoms with Gasteiger partial charge in [-0.25, -0.2) is 4.57 Å². The largest absolute Gasteiger partial charge is 0.472 e. The molecular formula is C51H82NO8P. The average molecular weight is 868 g/mol. The van der Waals surface area contributed by atoms with Gasteiger partial charge in [0.05, 0.1) is 19.6 Å². The van der Waals surface area contributed by atoms with Crippen LogP contribution < -0.4 is 5.73 Å². The van der Waals surface area contributed by atoms with E-state index < -0.39 is 32.5 Å². The molecule has 0 saturated heterocycles. The van der Waals surface area contributed by atoms with Crippen LogP contribution in [0.2, 0.25) is 0 Å². The molecule has 0 aliphatic carbocycles. The Morgan fingerprint density at radius 3 is 1.34 bits per heavy atom. The molecule has 0 spiro atoms. The van der Waals surface area contributed by atoms with Gasteiger partial charge in [-0.05, 0) is 83.5 Å². The van der Waals surface area contributed by atoms with Gasteiger partial charge < -0.3 is 20.1 Å². The number of phosphoric acid groups is 1. The molecule has 0 aliphatic heterocycles. The number of allylic oxidation sites excluding steroid dienone is 19. The van der Waals surface area contributed by atoms with E-state index in [9.17, 15) is 19.0 Å². The third-order valence-electron chi connectivity index (χ3n) is 8.88. The summed E-state index contributed by atoms with van der Waals surface area (Å²) in [6, 6.07) is 0. The number of carbonyl (C=O) groups excluding carboxylic acids is 2. The van der Waals surface area contributed by atoms with E-state index in [4.69, 9.17) is 24.3 Å². The Balaban J connectivity index is 4.21. The molecule has 0 amide bonds. The van der Waals surface area contributed by atoms with Crippen molar-refractivity contribution in [2.24, 2.45) is 5.73 Å². The van der Waals surface area contributed by atoms with Crippen LogP contribution >= 0.6 is 7.82 Å². The van der Waals surface area contributed by atoms with Crippen LogP contribution in [0.25, 0.3) is 0 Å². The van der Waals surface area contributed by atoms with E-state index in [1.165, 1.54) is 32.1 Å². The molecule has 0 heterocycles. The Morgan fingerprint density at radius 1 is 0.508 bits per heavy atom. The van der Waals surface area contributed by atoms with E-state index in [0.29, 0.717) is 12.8 Å². The summed E-state index contributed by atoms with van der Waals surface area (Å²) in [7, 11) is -4.41. The van der Waals surface area contributed by atoms with Crippen molar-refractivity contribution >= 4 is 19.8 Å². The SMILES string of the molecule is CC/C=C\C/C=C\C/C=C\C/C=C\C/C=C\CCCCCCCCCCCC(=O)OC(COC(=O)C/C=C\C/C=C\C/C=C\C/C=C\C/C=C\CC)COP(=O)(O)OCCN. The Labute approximate surface area is 371 Å². The number of esters is 2. The first-order chi connectivity index (χ1) is 29.8.